The van der Waals surface area contributed by atoms with Gasteiger partial charge in [-0.3, -0.25) is 4.79 Å². The van der Waals surface area contributed by atoms with E-state index >= 15 is 0 Å². The van der Waals surface area contributed by atoms with Crippen molar-refractivity contribution in [3.63, 3.8) is 0 Å². The molecule has 0 aromatic carbocycles. The molecule has 1 aliphatic carbocycles. The van der Waals surface area contributed by atoms with Crippen LogP contribution in [0.2, 0.25) is 0 Å². The molecular weight excluding hydrogens is 238 g/mol. The van der Waals surface area contributed by atoms with Gasteiger partial charge in [-0.2, -0.15) is 0 Å². The second kappa shape index (κ2) is 3.71. The Morgan fingerprint density at radius 3 is 3.06 bits per heavy atom. The number of carbonyl (C=O) groups excluding carboxylic acids is 1. The monoisotopic (exact) mass is 249 g/mol. The van der Waals surface area contributed by atoms with Crippen molar-refractivity contribution in [3.05, 3.63) is 26.8 Å². The average molecular weight is 249 g/mol. The lowest BCUT2D eigenvalue weighted by Crippen LogP contribution is -1.89. The van der Waals surface area contributed by atoms with Gasteiger partial charge in [-0.15, -0.1) is 22.7 Å². The zero-order valence-corrected chi connectivity index (χ0v) is 10.3. The van der Waals surface area contributed by atoms with Crippen LogP contribution < -0.4 is 5.73 Å². The molecule has 0 amide bonds. The van der Waals surface area contributed by atoms with E-state index in [1.807, 2.05) is 11.4 Å². The van der Waals surface area contributed by atoms with Crippen LogP contribution in [0.15, 0.2) is 11.4 Å². The summed E-state index contributed by atoms with van der Waals surface area (Å²) in [5.74, 6) is 0. The number of hydrogen-bond acceptors (Lipinski definition) is 4. The van der Waals surface area contributed by atoms with Crippen molar-refractivity contribution in [3.8, 4) is 11.1 Å². The van der Waals surface area contributed by atoms with Crippen LogP contribution in [-0.4, -0.2) is 6.29 Å². The van der Waals surface area contributed by atoms with E-state index in [1.54, 1.807) is 11.3 Å². The van der Waals surface area contributed by atoms with E-state index in [2.05, 4.69) is 0 Å². The van der Waals surface area contributed by atoms with Crippen LogP contribution in [0, 0.1) is 0 Å². The van der Waals surface area contributed by atoms with Crippen molar-refractivity contribution in [1.29, 1.82) is 0 Å². The van der Waals surface area contributed by atoms with Gasteiger partial charge in [0.05, 0.1) is 9.88 Å². The highest BCUT2D eigenvalue weighted by molar-refractivity contribution is 7.17. The van der Waals surface area contributed by atoms with E-state index in [9.17, 15) is 4.79 Å². The van der Waals surface area contributed by atoms with E-state index in [4.69, 9.17) is 5.73 Å². The fourth-order valence-electron chi connectivity index (χ4n) is 2.34. The Balaban J connectivity index is 2.23. The SMILES string of the molecule is Nc1sc2c(c1-c1ccsc1C=O)CCC2. The summed E-state index contributed by atoms with van der Waals surface area (Å²) in [6.45, 7) is 0. The molecule has 2 heterocycles. The molecule has 0 bridgehead atoms. The molecule has 1 aliphatic rings. The number of nitrogens with two attached hydrogens (primary N) is 1. The molecule has 2 N–H and O–H groups in total. The molecule has 0 atom stereocenters. The minimum Gasteiger partial charge on any atom is -0.390 e. The second-order valence-electron chi connectivity index (χ2n) is 3.91. The lowest BCUT2D eigenvalue weighted by Gasteiger charge is -2.02. The third-order valence-electron chi connectivity index (χ3n) is 3.02. The van der Waals surface area contributed by atoms with Crippen molar-refractivity contribution in [1.82, 2.24) is 0 Å². The van der Waals surface area contributed by atoms with Crippen molar-refractivity contribution < 1.29 is 4.79 Å². The molecule has 0 aliphatic heterocycles. The van der Waals surface area contributed by atoms with Gasteiger partial charge >= 0.3 is 0 Å². The molecule has 2 aromatic heterocycles. The number of rotatable bonds is 2. The fourth-order valence-corrected chi connectivity index (χ4v) is 4.22. The fraction of sp³-hybridized carbons (Fsp3) is 0.250. The Morgan fingerprint density at radius 2 is 2.25 bits per heavy atom. The topological polar surface area (TPSA) is 43.1 Å². The van der Waals surface area contributed by atoms with Crippen molar-refractivity contribution in [2.75, 3.05) is 5.73 Å². The summed E-state index contributed by atoms with van der Waals surface area (Å²) in [4.78, 5) is 13.2. The van der Waals surface area contributed by atoms with Gasteiger partial charge in [0.25, 0.3) is 0 Å². The molecule has 82 valence electrons. The molecule has 0 spiro atoms. The summed E-state index contributed by atoms with van der Waals surface area (Å²) < 4.78 is 0. The predicted molar refractivity (Wildman–Crippen MR) is 69.5 cm³/mol. The van der Waals surface area contributed by atoms with Crippen LogP contribution in [0.1, 0.15) is 26.5 Å². The molecular formula is C12H11NOS2. The van der Waals surface area contributed by atoms with E-state index in [0.29, 0.717) is 0 Å². The maximum Gasteiger partial charge on any atom is 0.160 e. The summed E-state index contributed by atoms with van der Waals surface area (Å²) in [5.41, 5.74) is 9.60. The standard InChI is InChI=1S/C12H11NOS2/c13-12-11(7-2-1-3-9(7)16-12)8-4-5-15-10(8)6-14/h4-6H,1-3,13H2. The number of carbonyl (C=O) groups is 1. The van der Waals surface area contributed by atoms with Crippen LogP contribution in [-0.2, 0) is 12.8 Å². The van der Waals surface area contributed by atoms with Gasteiger partial charge in [0.15, 0.2) is 6.29 Å². The number of hydrogen-bond donors (Lipinski definition) is 1. The van der Waals surface area contributed by atoms with Gasteiger partial charge in [-0.1, -0.05) is 0 Å². The lowest BCUT2D eigenvalue weighted by atomic mass is 10.0. The normalized spacial score (nSPS) is 14.0. The first-order valence-electron chi connectivity index (χ1n) is 5.24. The van der Waals surface area contributed by atoms with Gasteiger partial charge in [0.2, 0.25) is 0 Å². The van der Waals surface area contributed by atoms with E-state index in [1.165, 1.54) is 28.2 Å². The summed E-state index contributed by atoms with van der Waals surface area (Å²) in [5, 5.41) is 2.82. The van der Waals surface area contributed by atoms with Crippen molar-refractivity contribution in [2.45, 2.75) is 19.3 Å². The van der Waals surface area contributed by atoms with Gasteiger partial charge in [-0.05, 0) is 36.3 Å². The van der Waals surface area contributed by atoms with Crippen LogP contribution in [0.4, 0.5) is 5.00 Å². The first-order valence-corrected chi connectivity index (χ1v) is 6.94. The third-order valence-corrected chi connectivity index (χ3v) is 4.98. The average Bonchev–Trinajstić information content (AvgIpc) is 2.91. The Morgan fingerprint density at radius 1 is 1.38 bits per heavy atom. The highest BCUT2D eigenvalue weighted by Crippen LogP contribution is 2.44. The van der Waals surface area contributed by atoms with Crippen LogP contribution >= 0.6 is 22.7 Å². The minimum absolute atomic E-state index is 0.791. The van der Waals surface area contributed by atoms with Crippen LogP contribution in [0.5, 0.6) is 0 Å². The molecule has 2 aromatic rings. The lowest BCUT2D eigenvalue weighted by molar-refractivity contribution is 0.112. The van der Waals surface area contributed by atoms with Gasteiger partial charge in [-0.25, -0.2) is 0 Å². The third kappa shape index (κ3) is 1.33. The van der Waals surface area contributed by atoms with Crippen molar-refractivity contribution in [2.24, 2.45) is 0 Å². The van der Waals surface area contributed by atoms with E-state index in [0.717, 1.165) is 40.1 Å². The number of aldehydes is 1. The Kier molecular flexibility index (Phi) is 2.33. The minimum atomic E-state index is 0.791. The molecule has 0 saturated heterocycles. The number of fused-ring (bicyclic) bond motifs is 1. The summed E-state index contributed by atoms with van der Waals surface area (Å²) in [7, 11) is 0. The molecule has 0 radical (unpaired) electrons. The molecule has 0 unspecified atom stereocenters. The van der Waals surface area contributed by atoms with Crippen LogP contribution in [0.25, 0.3) is 11.1 Å². The highest BCUT2D eigenvalue weighted by atomic mass is 32.1. The highest BCUT2D eigenvalue weighted by Gasteiger charge is 2.23. The number of nitrogen functional groups attached to an aromatic ring is 1. The zero-order valence-electron chi connectivity index (χ0n) is 8.66. The first kappa shape index (κ1) is 10.1. The number of thiophene rings is 2. The molecule has 3 rings (SSSR count). The van der Waals surface area contributed by atoms with E-state index < -0.39 is 0 Å². The largest absolute Gasteiger partial charge is 0.390 e. The second-order valence-corrected chi connectivity index (χ2v) is 6.00. The van der Waals surface area contributed by atoms with Gasteiger partial charge < -0.3 is 5.73 Å². The number of anilines is 1. The smallest absolute Gasteiger partial charge is 0.160 e. The Hall–Kier alpha value is -1.13. The first-order chi connectivity index (χ1) is 7.81. The quantitative estimate of drug-likeness (QED) is 0.829. The predicted octanol–water partition coefficient (Wildman–Crippen LogP) is 3.36. The molecule has 16 heavy (non-hydrogen) atoms. The maximum absolute atomic E-state index is 11.0. The Labute approximate surface area is 102 Å². The van der Waals surface area contributed by atoms with E-state index in [-0.39, 0.29) is 0 Å². The van der Waals surface area contributed by atoms with Gasteiger partial charge in [0, 0.05) is 16.0 Å². The molecule has 0 fully saturated rings. The van der Waals surface area contributed by atoms with Crippen molar-refractivity contribution >= 4 is 34.0 Å². The molecule has 0 saturated carbocycles. The number of aryl methyl sites for hydroxylation is 1. The Bertz CT molecular complexity index is 553. The summed E-state index contributed by atoms with van der Waals surface area (Å²) in [6.07, 6.45) is 4.39. The van der Waals surface area contributed by atoms with Crippen LogP contribution in [0.3, 0.4) is 0 Å². The zero-order chi connectivity index (χ0) is 11.1. The summed E-state index contributed by atoms with van der Waals surface area (Å²) in [6, 6.07) is 2.01. The molecule has 4 heteroatoms. The summed E-state index contributed by atoms with van der Waals surface area (Å²) >= 11 is 3.17. The molecule has 2 nitrogen and oxygen atoms in total. The van der Waals surface area contributed by atoms with Gasteiger partial charge in [0.1, 0.15) is 0 Å². The maximum atomic E-state index is 11.0.